The van der Waals surface area contributed by atoms with Gasteiger partial charge in [-0.05, 0) is 25.0 Å². The lowest BCUT2D eigenvalue weighted by molar-refractivity contribution is 0.385. The van der Waals surface area contributed by atoms with E-state index in [0.717, 1.165) is 0 Å². The summed E-state index contributed by atoms with van der Waals surface area (Å²) in [5, 5.41) is 0. The number of methoxy groups -OCH3 is 1. The molecule has 0 aromatic heterocycles. The second-order valence-electron chi connectivity index (χ2n) is 4.35. The lowest BCUT2D eigenvalue weighted by Gasteiger charge is -2.19. The number of nitrogens with one attached hydrogen (secondary N) is 1. The molecule has 0 aliphatic rings. The van der Waals surface area contributed by atoms with Crippen molar-refractivity contribution in [3.05, 3.63) is 29.6 Å². The number of benzene rings is 1. The molecule has 0 amide bonds. The predicted octanol–water partition coefficient (Wildman–Crippen LogP) is 1.16. The average molecular weight is 290 g/mol. The molecule has 0 fully saturated rings. The fraction of sp³-hybridized carbons (Fsp3) is 0.500. The van der Waals surface area contributed by atoms with Crippen molar-refractivity contribution in [1.29, 1.82) is 0 Å². The Morgan fingerprint density at radius 1 is 1.47 bits per heavy atom. The summed E-state index contributed by atoms with van der Waals surface area (Å²) in [5.41, 5.74) is 2.83. The van der Waals surface area contributed by atoms with Gasteiger partial charge < -0.3 is 4.74 Å². The molecule has 1 rings (SSSR count). The summed E-state index contributed by atoms with van der Waals surface area (Å²) in [6.07, 6.45) is 1.97. The van der Waals surface area contributed by atoms with Crippen LogP contribution in [0.2, 0.25) is 0 Å². The molecule has 5 nitrogen and oxygen atoms in total. The highest BCUT2D eigenvalue weighted by atomic mass is 32.2. The highest BCUT2D eigenvalue weighted by Gasteiger charge is 2.19. The van der Waals surface area contributed by atoms with Crippen molar-refractivity contribution in [3.8, 4) is 5.75 Å². The Labute approximate surface area is 112 Å². The molecule has 1 atom stereocenters. The normalized spacial score (nSPS) is 13.3. The van der Waals surface area contributed by atoms with Crippen LogP contribution in [-0.4, -0.2) is 27.5 Å². The van der Waals surface area contributed by atoms with Crippen LogP contribution in [-0.2, 0) is 9.84 Å². The zero-order valence-electron chi connectivity index (χ0n) is 11.0. The first-order valence-corrected chi connectivity index (χ1v) is 7.91. The maximum atomic E-state index is 13.8. The second kappa shape index (κ2) is 6.83. The van der Waals surface area contributed by atoms with E-state index in [2.05, 4.69) is 5.43 Å². The third kappa shape index (κ3) is 4.77. The van der Waals surface area contributed by atoms with Crippen LogP contribution in [0.15, 0.2) is 18.2 Å². The smallest absolute Gasteiger partial charge is 0.147 e. The van der Waals surface area contributed by atoms with Crippen LogP contribution < -0.4 is 16.0 Å². The molecule has 0 aliphatic carbocycles. The van der Waals surface area contributed by atoms with Gasteiger partial charge in [-0.2, -0.15) is 0 Å². The summed E-state index contributed by atoms with van der Waals surface area (Å²) in [4.78, 5) is 0. The Hall–Kier alpha value is -1.18. The molecular weight excluding hydrogens is 271 g/mol. The van der Waals surface area contributed by atoms with Gasteiger partial charge in [0.2, 0.25) is 0 Å². The average Bonchev–Trinajstić information content (AvgIpc) is 2.34. The summed E-state index contributed by atoms with van der Waals surface area (Å²) < 4.78 is 41.1. The number of ether oxygens (including phenoxy) is 1. The summed E-state index contributed by atoms with van der Waals surface area (Å²) in [7, 11) is -1.58. The number of sulfone groups is 1. The Morgan fingerprint density at radius 3 is 2.68 bits per heavy atom. The number of hydrogen-bond acceptors (Lipinski definition) is 5. The van der Waals surface area contributed by atoms with Gasteiger partial charge in [0.25, 0.3) is 0 Å². The van der Waals surface area contributed by atoms with Gasteiger partial charge in [-0.1, -0.05) is 6.07 Å². The van der Waals surface area contributed by atoms with E-state index in [1.807, 2.05) is 0 Å². The summed E-state index contributed by atoms with van der Waals surface area (Å²) in [6.45, 7) is 0. The Morgan fingerprint density at radius 2 is 2.16 bits per heavy atom. The van der Waals surface area contributed by atoms with Crippen LogP contribution in [0.5, 0.6) is 5.75 Å². The van der Waals surface area contributed by atoms with Crippen LogP contribution in [0.1, 0.15) is 24.4 Å². The predicted molar refractivity (Wildman–Crippen MR) is 72.0 cm³/mol. The van der Waals surface area contributed by atoms with E-state index in [1.165, 1.54) is 19.4 Å². The zero-order valence-corrected chi connectivity index (χ0v) is 11.8. The van der Waals surface area contributed by atoms with Gasteiger partial charge in [-0.15, -0.1) is 0 Å². The van der Waals surface area contributed by atoms with E-state index in [0.29, 0.717) is 24.2 Å². The van der Waals surface area contributed by atoms with Gasteiger partial charge in [0, 0.05) is 17.6 Å². The third-order valence-electron chi connectivity index (χ3n) is 2.79. The van der Waals surface area contributed by atoms with Crippen molar-refractivity contribution in [2.24, 2.45) is 5.84 Å². The highest BCUT2D eigenvalue weighted by Crippen LogP contribution is 2.30. The van der Waals surface area contributed by atoms with E-state index in [4.69, 9.17) is 10.6 Å². The molecule has 0 spiro atoms. The van der Waals surface area contributed by atoms with Crippen molar-refractivity contribution in [3.63, 3.8) is 0 Å². The first-order chi connectivity index (χ1) is 8.89. The SMILES string of the molecule is COc1cccc(F)c1C(CCCS(C)(=O)=O)NN. The molecule has 1 aromatic carbocycles. The molecule has 0 saturated heterocycles. The summed E-state index contributed by atoms with van der Waals surface area (Å²) >= 11 is 0. The molecule has 0 saturated carbocycles. The van der Waals surface area contributed by atoms with Gasteiger partial charge in [-0.25, -0.2) is 12.8 Å². The van der Waals surface area contributed by atoms with Crippen molar-refractivity contribution >= 4 is 9.84 Å². The molecule has 1 unspecified atom stereocenters. The van der Waals surface area contributed by atoms with Crippen molar-refractivity contribution in [2.45, 2.75) is 18.9 Å². The van der Waals surface area contributed by atoms with E-state index < -0.39 is 21.7 Å². The molecule has 0 bridgehead atoms. The van der Waals surface area contributed by atoms with Crippen LogP contribution >= 0.6 is 0 Å². The van der Waals surface area contributed by atoms with Crippen LogP contribution in [0.3, 0.4) is 0 Å². The standard InChI is InChI=1S/C12H19FN2O3S/c1-18-11-7-3-5-9(13)12(11)10(15-14)6-4-8-19(2,16)17/h3,5,7,10,15H,4,6,8,14H2,1-2H3. The van der Waals surface area contributed by atoms with Crippen LogP contribution in [0.4, 0.5) is 4.39 Å². The maximum absolute atomic E-state index is 13.8. The van der Waals surface area contributed by atoms with Crippen molar-refractivity contribution in [2.75, 3.05) is 19.1 Å². The minimum absolute atomic E-state index is 0.0436. The molecule has 1 aromatic rings. The van der Waals surface area contributed by atoms with Crippen LogP contribution in [0, 0.1) is 5.82 Å². The first-order valence-electron chi connectivity index (χ1n) is 5.85. The van der Waals surface area contributed by atoms with E-state index in [-0.39, 0.29) is 5.75 Å². The molecule has 3 N–H and O–H groups in total. The number of hydrazine groups is 1. The molecule has 108 valence electrons. The van der Waals surface area contributed by atoms with Gasteiger partial charge in [0.1, 0.15) is 21.4 Å². The minimum atomic E-state index is -3.03. The molecule has 0 aliphatic heterocycles. The molecule has 0 radical (unpaired) electrons. The number of halogens is 1. The van der Waals surface area contributed by atoms with E-state index >= 15 is 0 Å². The lowest BCUT2D eigenvalue weighted by atomic mass is 10.0. The fourth-order valence-electron chi connectivity index (χ4n) is 1.89. The summed E-state index contributed by atoms with van der Waals surface area (Å²) in [6, 6.07) is 4.01. The van der Waals surface area contributed by atoms with Gasteiger partial charge in [-0.3, -0.25) is 11.3 Å². The molecule has 0 heterocycles. The topological polar surface area (TPSA) is 81.4 Å². The van der Waals surface area contributed by atoms with Gasteiger partial charge in [0.05, 0.1) is 13.2 Å². The third-order valence-corrected chi connectivity index (χ3v) is 3.82. The second-order valence-corrected chi connectivity index (χ2v) is 6.61. The molecular formula is C12H19FN2O3S. The molecule has 7 heteroatoms. The van der Waals surface area contributed by atoms with E-state index in [1.54, 1.807) is 12.1 Å². The Bertz CT molecular complexity index is 520. The number of rotatable bonds is 7. The Balaban J connectivity index is 2.85. The van der Waals surface area contributed by atoms with Gasteiger partial charge >= 0.3 is 0 Å². The maximum Gasteiger partial charge on any atom is 0.147 e. The van der Waals surface area contributed by atoms with E-state index in [9.17, 15) is 12.8 Å². The first kappa shape index (κ1) is 15.9. The van der Waals surface area contributed by atoms with Crippen molar-refractivity contribution < 1.29 is 17.5 Å². The zero-order chi connectivity index (χ0) is 14.5. The quantitative estimate of drug-likeness (QED) is 0.582. The minimum Gasteiger partial charge on any atom is -0.496 e. The number of nitrogens with two attached hydrogens (primary N) is 1. The Kier molecular flexibility index (Phi) is 5.71. The van der Waals surface area contributed by atoms with Crippen LogP contribution in [0.25, 0.3) is 0 Å². The van der Waals surface area contributed by atoms with Crippen molar-refractivity contribution in [1.82, 2.24) is 5.43 Å². The monoisotopic (exact) mass is 290 g/mol. The fourth-order valence-corrected chi connectivity index (χ4v) is 2.59. The lowest BCUT2D eigenvalue weighted by Crippen LogP contribution is -2.29. The largest absolute Gasteiger partial charge is 0.496 e. The number of hydrogen-bond donors (Lipinski definition) is 2. The van der Waals surface area contributed by atoms with Gasteiger partial charge in [0.15, 0.2) is 0 Å². The molecule has 19 heavy (non-hydrogen) atoms. The summed E-state index contributed by atoms with van der Waals surface area (Å²) in [5.74, 6) is 5.43. The highest BCUT2D eigenvalue weighted by molar-refractivity contribution is 7.90.